The summed E-state index contributed by atoms with van der Waals surface area (Å²) >= 11 is 0. The van der Waals surface area contributed by atoms with Crippen molar-refractivity contribution in [2.45, 2.75) is 24.7 Å². The Morgan fingerprint density at radius 2 is 2.10 bits per heavy atom. The molecule has 7 nitrogen and oxygen atoms in total. The van der Waals surface area contributed by atoms with Crippen molar-refractivity contribution in [2.24, 2.45) is 5.73 Å². The van der Waals surface area contributed by atoms with E-state index in [1.54, 1.807) is 6.07 Å². The number of nitriles is 1. The maximum Gasteiger partial charge on any atom is 0.244 e. The number of primary amides is 1. The molecule has 0 atom stereocenters. The lowest BCUT2D eigenvalue weighted by molar-refractivity contribution is -0.118. The van der Waals surface area contributed by atoms with Crippen LogP contribution < -0.4 is 11.5 Å². The summed E-state index contributed by atoms with van der Waals surface area (Å²) in [6, 6.07) is 5.76. The molecule has 0 aliphatic rings. The van der Waals surface area contributed by atoms with E-state index >= 15 is 0 Å². The number of nitrogens with zero attached hydrogens (tertiary/aromatic N) is 2. The smallest absolute Gasteiger partial charge is 0.244 e. The molecule has 0 aromatic heterocycles. The van der Waals surface area contributed by atoms with Gasteiger partial charge >= 0.3 is 0 Å². The predicted octanol–water partition coefficient (Wildman–Crippen LogP) is 0.417. The molecule has 4 N–H and O–H groups in total. The highest BCUT2D eigenvalue weighted by Crippen LogP contribution is 2.22. The summed E-state index contributed by atoms with van der Waals surface area (Å²) in [5.41, 5.74) is 10.9. The molecule has 21 heavy (non-hydrogen) atoms. The third kappa shape index (κ3) is 4.18. The number of hydrogen-bond donors (Lipinski definition) is 2. The Balaban J connectivity index is 3.28. The normalized spacial score (nSPS) is 11.3. The Hall–Kier alpha value is -2.11. The molecule has 0 saturated carbocycles. The number of carbonyl (C=O) groups excluding carboxylic acids is 1. The van der Waals surface area contributed by atoms with Gasteiger partial charge in [0.05, 0.1) is 12.1 Å². The predicted molar refractivity (Wildman–Crippen MR) is 78.4 cm³/mol. The average molecular weight is 310 g/mol. The van der Waals surface area contributed by atoms with E-state index in [2.05, 4.69) is 0 Å². The molecule has 0 fully saturated rings. The summed E-state index contributed by atoms with van der Waals surface area (Å²) in [6.07, 6.45) is 1.35. The van der Waals surface area contributed by atoms with E-state index in [1.807, 2.05) is 6.92 Å². The summed E-state index contributed by atoms with van der Waals surface area (Å²) in [5, 5.41) is 9.07. The Bertz CT molecular complexity index is 664. The zero-order chi connectivity index (χ0) is 16.0. The molecule has 1 aromatic rings. The summed E-state index contributed by atoms with van der Waals surface area (Å²) in [6.45, 7) is 1.65. The van der Waals surface area contributed by atoms with Crippen molar-refractivity contribution in [1.29, 1.82) is 5.26 Å². The fourth-order valence-electron chi connectivity index (χ4n) is 1.79. The first-order valence-electron chi connectivity index (χ1n) is 6.41. The molecule has 0 unspecified atom stereocenters. The fraction of sp³-hybridized carbons (Fsp3) is 0.385. The van der Waals surface area contributed by atoms with Crippen LogP contribution in [0.15, 0.2) is 23.1 Å². The minimum Gasteiger partial charge on any atom is -0.399 e. The van der Waals surface area contributed by atoms with Crippen LogP contribution in [0.4, 0.5) is 5.69 Å². The van der Waals surface area contributed by atoms with Gasteiger partial charge in [-0.2, -0.15) is 9.57 Å². The van der Waals surface area contributed by atoms with Gasteiger partial charge in [-0.15, -0.1) is 0 Å². The van der Waals surface area contributed by atoms with Crippen molar-refractivity contribution in [3.05, 3.63) is 23.8 Å². The molecule has 0 spiro atoms. The van der Waals surface area contributed by atoms with Gasteiger partial charge in [0, 0.05) is 12.2 Å². The van der Waals surface area contributed by atoms with Gasteiger partial charge in [0.2, 0.25) is 15.9 Å². The van der Waals surface area contributed by atoms with Crippen LogP contribution in [-0.2, 0) is 14.8 Å². The Morgan fingerprint density at radius 3 is 2.62 bits per heavy atom. The summed E-state index contributed by atoms with van der Waals surface area (Å²) in [7, 11) is -3.97. The molecule has 114 valence electrons. The first kappa shape index (κ1) is 16.9. The van der Waals surface area contributed by atoms with Gasteiger partial charge in [-0.25, -0.2) is 8.42 Å². The van der Waals surface area contributed by atoms with Crippen LogP contribution in [0, 0.1) is 11.3 Å². The van der Waals surface area contributed by atoms with Crippen molar-refractivity contribution in [3.8, 4) is 6.07 Å². The number of anilines is 1. The lowest BCUT2D eigenvalue weighted by Gasteiger charge is -2.21. The van der Waals surface area contributed by atoms with Crippen LogP contribution in [-0.4, -0.2) is 31.7 Å². The largest absolute Gasteiger partial charge is 0.399 e. The van der Waals surface area contributed by atoms with E-state index in [9.17, 15) is 13.2 Å². The third-order valence-corrected chi connectivity index (χ3v) is 4.74. The number of rotatable bonds is 7. The van der Waals surface area contributed by atoms with Crippen molar-refractivity contribution >= 4 is 21.6 Å². The van der Waals surface area contributed by atoms with Gasteiger partial charge in [-0.1, -0.05) is 13.3 Å². The van der Waals surface area contributed by atoms with Crippen LogP contribution in [0.25, 0.3) is 0 Å². The number of amides is 1. The lowest BCUT2D eigenvalue weighted by Crippen LogP contribution is -2.39. The second-order valence-corrected chi connectivity index (χ2v) is 6.43. The maximum atomic E-state index is 12.6. The number of nitrogen functional groups attached to an aromatic ring is 1. The molecule has 1 amide bonds. The van der Waals surface area contributed by atoms with E-state index < -0.39 is 22.5 Å². The van der Waals surface area contributed by atoms with Crippen molar-refractivity contribution in [2.75, 3.05) is 18.8 Å². The molecule has 0 aliphatic carbocycles. The Labute approximate surface area is 124 Å². The van der Waals surface area contributed by atoms with E-state index in [4.69, 9.17) is 16.7 Å². The number of hydrogen-bond acceptors (Lipinski definition) is 5. The maximum absolute atomic E-state index is 12.6. The van der Waals surface area contributed by atoms with Crippen LogP contribution in [0.1, 0.15) is 25.3 Å². The Kier molecular flexibility index (Phi) is 5.69. The molecule has 0 bridgehead atoms. The molecule has 0 aliphatic heterocycles. The highest BCUT2D eigenvalue weighted by Gasteiger charge is 2.28. The van der Waals surface area contributed by atoms with Gasteiger partial charge in [-0.05, 0) is 24.6 Å². The van der Waals surface area contributed by atoms with Crippen LogP contribution in [0.2, 0.25) is 0 Å². The fourth-order valence-corrected chi connectivity index (χ4v) is 3.36. The number of benzene rings is 1. The SMILES string of the molecule is CCCCN(CC(N)=O)S(=O)(=O)c1ccc(N)cc1C#N. The molecular weight excluding hydrogens is 292 g/mol. The van der Waals surface area contributed by atoms with Crippen LogP contribution in [0.3, 0.4) is 0 Å². The first-order chi connectivity index (χ1) is 9.82. The zero-order valence-corrected chi connectivity index (χ0v) is 12.6. The van der Waals surface area contributed by atoms with E-state index in [1.165, 1.54) is 18.2 Å². The first-order valence-corrected chi connectivity index (χ1v) is 7.85. The molecular formula is C13H18N4O3S. The van der Waals surface area contributed by atoms with Crippen LogP contribution in [0.5, 0.6) is 0 Å². The summed E-state index contributed by atoms with van der Waals surface area (Å²) in [4.78, 5) is 10.9. The molecule has 0 radical (unpaired) electrons. The summed E-state index contributed by atoms with van der Waals surface area (Å²) < 4.78 is 26.2. The number of carbonyl (C=O) groups is 1. The molecule has 0 heterocycles. The van der Waals surface area contributed by atoms with Gasteiger partial charge in [-0.3, -0.25) is 4.79 Å². The van der Waals surface area contributed by atoms with E-state index in [-0.39, 0.29) is 17.0 Å². The number of nitrogens with two attached hydrogens (primary N) is 2. The molecule has 8 heteroatoms. The van der Waals surface area contributed by atoms with Crippen molar-refractivity contribution in [3.63, 3.8) is 0 Å². The number of sulfonamides is 1. The van der Waals surface area contributed by atoms with Gasteiger partial charge in [0.1, 0.15) is 11.0 Å². The van der Waals surface area contributed by atoms with Gasteiger partial charge < -0.3 is 11.5 Å². The highest BCUT2D eigenvalue weighted by atomic mass is 32.2. The zero-order valence-electron chi connectivity index (χ0n) is 11.7. The molecule has 1 rings (SSSR count). The number of unbranched alkanes of at least 4 members (excludes halogenated alkanes) is 1. The van der Waals surface area contributed by atoms with E-state index in [0.717, 1.165) is 10.7 Å². The van der Waals surface area contributed by atoms with Crippen LogP contribution >= 0.6 is 0 Å². The van der Waals surface area contributed by atoms with E-state index in [0.29, 0.717) is 12.1 Å². The third-order valence-electron chi connectivity index (χ3n) is 2.84. The van der Waals surface area contributed by atoms with Gasteiger partial charge in [0.25, 0.3) is 0 Å². The minimum atomic E-state index is -3.97. The molecule has 0 saturated heterocycles. The second kappa shape index (κ2) is 7.06. The summed E-state index contributed by atoms with van der Waals surface area (Å²) in [5.74, 6) is -0.747. The van der Waals surface area contributed by atoms with Gasteiger partial charge in [0.15, 0.2) is 0 Å². The average Bonchev–Trinajstić information content (AvgIpc) is 2.42. The monoisotopic (exact) mass is 310 g/mol. The quantitative estimate of drug-likeness (QED) is 0.705. The van der Waals surface area contributed by atoms with Crippen molar-refractivity contribution in [1.82, 2.24) is 4.31 Å². The second-order valence-electron chi connectivity index (χ2n) is 4.53. The molecule has 1 aromatic carbocycles. The highest BCUT2D eigenvalue weighted by molar-refractivity contribution is 7.89. The van der Waals surface area contributed by atoms with Crippen molar-refractivity contribution < 1.29 is 13.2 Å². The lowest BCUT2D eigenvalue weighted by atomic mass is 10.2. The minimum absolute atomic E-state index is 0.0547. The standard InChI is InChI=1S/C13H18N4O3S/c1-2-3-6-17(9-13(16)18)21(19,20)12-5-4-11(15)7-10(12)8-14/h4-5,7H,2-3,6,9,15H2,1H3,(H2,16,18). The topological polar surface area (TPSA) is 130 Å². The Morgan fingerprint density at radius 1 is 1.43 bits per heavy atom.